The minimum atomic E-state index is -0.0685. The lowest BCUT2D eigenvalue weighted by Crippen LogP contribution is -2.21. The Bertz CT molecular complexity index is 412. The molecule has 4 nitrogen and oxygen atoms in total. The van der Waals surface area contributed by atoms with Crippen LogP contribution in [-0.4, -0.2) is 24.8 Å². The Balaban J connectivity index is 2.33. The molecule has 4 heteroatoms. The molecule has 0 fully saturated rings. The lowest BCUT2D eigenvalue weighted by Gasteiger charge is -2.09. The summed E-state index contributed by atoms with van der Waals surface area (Å²) in [4.78, 5) is 15.3. The first-order chi connectivity index (χ1) is 7.27. The van der Waals surface area contributed by atoms with E-state index >= 15 is 0 Å². The predicted molar refractivity (Wildman–Crippen MR) is 60.2 cm³/mol. The van der Waals surface area contributed by atoms with E-state index in [9.17, 15) is 4.79 Å². The Morgan fingerprint density at radius 1 is 1.47 bits per heavy atom. The molecule has 1 aromatic rings. The lowest BCUT2D eigenvalue weighted by molar-refractivity contribution is -0.114. The smallest absolute Gasteiger partial charge is 0.221 e. The molecule has 0 saturated carbocycles. The zero-order valence-corrected chi connectivity index (χ0v) is 8.58. The molecule has 2 rings (SSSR count). The number of para-hydroxylation sites is 1. The second-order valence-electron chi connectivity index (χ2n) is 3.38. The van der Waals surface area contributed by atoms with Crippen LogP contribution in [0, 0.1) is 0 Å². The summed E-state index contributed by atoms with van der Waals surface area (Å²) in [5.41, 5.74) is 1.75. The highest BCUT2D eigenvalue weighted by Gasteiger charge is 2.12. The van der Waals surface area contributed by atoms with E-state index in [1.54, 1.807) is 0 Å². The van der Waals surface area contributed by atoms with E-state index in [0.717, 1.165) is 30.2 Å². The number of rotatable bonds is 2. The van der Waals surface area contributed by atoms with Crippen molar-refractivity contribution in [1.82, 2.24) is 5.32 Å². The highest BCUT2D eigenvalue weighted by molar-refractivity contribution is 6.06. The van der Waals surface area contributed by atoms with Crippen LogP contribution in [0.25, 0.3) is 0 Å². The van der Waals surface area contributed by atoms with Gasteiger partial charge in [0, 0.05) is 19.0 Å². The molecule has 0 aliphatic carbocycles. The van der Waals surface area contributed by atoms with Crippen LogP contribution in [0.15, 0.2) is 29.3 Å². The first-order valence-corrected chi connectivity index (χ1v) is 4.92. The highest BCUT2D eigenvalue weighted by Crippen LogP contribution is 2.16. The summed E-state index contributed by atoms with van der Waals surface area (Å²) in [6.45, 7) is 3.16. The van der Waals surface area contributed by atoms with E-state index in [0.29, 0.717) is 0 Å². The van der Waals surface area contributed by atoms with Crippen LogP contribution in [0.3, 0.4) is 0 Å². The zero-order chi connectivity index (χ0) is 10.7. The second-order valence-corrected chi connectivity index (χ2v) is 3.38. The van der Waals surface area contributed by atoms with Gasteiger partial charge in [-0.2, -0.15) is 0 Å². The van der Waals surface area contributed by atoms with Gasteiger partial charge < -0.3 is 10.6 Å². The topological polar surface area (TPSA) is 53.5 Å². The quantitative estimate of drug-likeness (QED) is 0.753. The maximum absolute atomic E-state index is 11.0. The van der Waals surface area contributed by atoms with Crippen LogP contribution in [0.1, 0.15) is 12.5 Å². The third kappa shape index (κ3) is 2.15. The molecule has 1 heterocycles. The van der Waals surface area contributed by atoms with Gasteiger partial charge in [0.15, 0.2) is 0 Å². The van der Waals surface area contributed by atoms with Gasteiger partial charge in [0.25, 0.3) is 0 Å². The highest BCUT2D eigenvalue weighted by atomic mass is 16.1. The minimum Gasteiger partial charge on any atom is -0.368 e. The van der Waals surface area contributed by atoms with Crippen LogP contribution >= 0.6 is 0 Å². The predicted octanol–water partition coefficient (Wildman–Crippen LogP) is 0.995. The van der Waals surface area contributed by atoms with Crippen LogP contribution in [0.5, 0.6) is 0 Å². The standard InChI is InChI=1S/C11H13N3O/c1-8(15)14-10-5-3-2-4-9(10)11-12-6-7-13-11/h2-5H,6-7H2,1H3,(H,12,13)(H,14,15). The van der Waals surface area contributed by atoms with E-state index in [1.165, 1.54) is 6.92 Å². The summed E-state index contributed by atoms with van der Waals surface area (Å²) >= 11 is 0. The van der Waals surface area contributed by atoms with Gasteiger partial charge in [-0.05, 0) is 12.1 Å². The largest absolute Gasteiger partial charge is 0.368 e. The fourth-order valence-electron chi connectivity index (χ4n) is 1.57. The van der Waals surface area contributed by atoms with Crippen LogP contribution in [0.2, 0.25) is 0 Å². The van der Waals surface area contributed by atoms with Crippen molar-refractivity contribution in [2.45, 2.75) is 6.92 Å². The second kappa shape index (κ2) is 4.13. The number of amidine groups is 1. The SMILES string of the molecule is CC(=O)Nc1ccccc1C1=NCCN1. The summed E-state index contributed by atoms with van der Waals surface area (Å²) in [6.07, 6.45) is 0. The number of benzene rings is 1. The molecule has 78 valence electrons. The van der Waals surface area contributed by atoms with Crippen molar-refractivity contribution in [2.24, 2.45) is 4.99 Å². The summed E-state index contributed by atoms with van der Waals surface area (Å²) in [6, 6.07) is 7.65. The fourth-order valence-corrected chi connectivity index (χ4v) is 1.57. The van der Waals surface area contributed by atoms with E-state index in [-0.39, 0.29) is 5.91 Å². The zero-order valence-electron chi connectivity index (χ0n) is 8.58. The average molecular weight is 203 g/mol. The van der Waals surface area contributed by atoms with Gasteiger partial charge >= 0.3 is 0 Å². The molecule has 0 unspecified atom stereocenters. The monoisotopic (exact) mass is 203 g/mol. The van der Waals surface area contributed by atoms with Gasteiger partial charge in [0.2, 0.25) is 5.91 Å². The van der Waals surface area contributed by atoms with E-state index in [4.69, 9.17) is 0 Å². The minimum absolute atomic E-state index is 0.0685. The van der Waals surface area contributed by atoms with Crippen molar-refractivity contribution in [1.29, 1.82) is 0 Å². The third-order valence-corrected chi connectivity index (χ3v) is 2.17. The fraction of sp³-hybridized carbons (Fsp3) is 0.273. The van der Waals surface area contributed by atoms with Crippen molar-refractivity contribution in [3.05, 3.63) is 29.8 Å². The number of carbonyl (C=O) groups excluding carboxylic acids is 1. The lowest BCUT2D eigenvalue weighted by atomic mass is 10.1. The Hall–Kier alpha value is -1.84. The maximum Gasteiger partial charge on any atom is 0.221 e. The summed E-state index contributed by atoms with van der Waals surface area (Å²) in [7, 11) is 0. The summed E-state index contributed by atoms with van der Waals surface area (Å²) in [5.74, 6) is 0.792. The molecule has 0 saturated heterocycles. The van der Waals surface area contributed by atoms with Crippen molar-refractivity contribution in [3.63, 3.8) is 0 Å². The molecule has 1 aliphatic rings. The average Bonchev–Trinajstić information content (AvgIpc) is 2.70. The molecule has 1 aromatic carbocycles. The third-order valence-electron chi connectivity index (χ3n) is 2.17. The van der Waals surface area contributed by atoms with E-state index < -0.39 is 0 Å². The molecule has 15 heavy (non-hydrogen) atoms. The summed E-state index contributed by atoms with van der Waals surface area (Å²) < 4.78 is 0. The van der Waals surface area contributed by atoms with Gasteiger partial charge in [-0.3, -0.25) is 9.79 Å². The number of anilines is 1. The van der Waals surface area contributed by atoms with Crippen LogP contribution in [0.4, 0.5) is 5.69 Å². The number of aliphatic imine (C=N–C) groups is 1. The molecular formula is C11H13N3O. The normalized spacial score (nSPS) is 14.3. The van der Waals surface area contributed by atoms with E-state index in [1.807, 2.05) is 24.3 Å². The van der Waals surface area contributed by atoms with Gasteiger partial charge in [-0.15, -0.1) is 0 Å². The first-order valence-electron chi connectivity index (χ1n) is 4.92. The first kappa shape index (κ1) is 9.71. The molecule has 0 bridgehead atoms. The number of hydrogen-bond donors (Lipinski definition) is 2. The Labute approximate surface area is 88.4 Å². The molecule has 0 radical (unpaired) electrons. The maximum atomic E-state index is 11.0. The molecule has 1 amide bonds. The van der Waals surface area contributed by atoms with Gasteiger partial charge in [0.1, 0.15) is 5.84 Å². The van der Waals surface area contributed by atoms with Crippen molar-refractivity contribution >= 4 is 17.4 Å². The molecule has 0 aromatic heterocycles. The van der Waals surface area contributed by atoms with Crippen molar-refractivity contribution in [3.8, 4) is 0 Å². The number of carbonyl (C=O) groups is 1. The summed E-state index contributed by atoms with van der Waals surface area (Å²) in [5, 5.41) is 5.98. The Kier molecular flexibility index (Phi) is 2.67. The van der Waals surface area contributed by atoms with Gasteiger partial charge in [0.05, 0.1) is 12.2 Å². The van der Waals surface area contributed by atoms with E-state index in [2.05, 4.69) is 15.6 Å². The number of nitrogens with zero attached hydrogens (tertiary/aromatic N) is 1. The van der Waals surface area contributed by atoms with Gasteiger partial charge in [-0.25, -0.2) is 0 Å². The van der Waals surface area contributed by atoms with Crippen LogP contribution in [-0.2, 0) is 4.79 Å². The van der Waals surface area contributed by atoms with Crippen molar-refractivity contribution < 1.29 is 4.79 Å². The molecule has 0 atom stereocenters. The molecule has 0 spiro atoms. The molecular weight excluding hydrogens is 190 g/mol. The number of hydrogen-bond acceptors (Lipinski definition) is 3. The Morgan fingerprint density at radius 3 is 2.93 bits per heavy atom. The number of amides is 1. The molecule has 2 N–H and O–H groups in total. The molecule has 1 aliphatic heterocycles. The number of nitrogens with one attached hydrogen (secondary N) is 2. The van der Waals surface area contributed by atoms with Gasteiger partial charge in [-0.1, -0.05) is 12.1 Å². The Morgan fingerprint density at radius 2 is 2.27 bits per heavy atom. The van der Waals surface area contributed by atoms with Crippen LogP contribution < -0.4 is 10.6 Å². The van der Waals surface area contributed by atoms with Crippen molar-refractivity contribution in [2.75, 3.05) is 18.4 Å².